The fraction of sp³-hybridized carbons (Fsp3) is 0.458. The van der Waals surface area contributed by atoms with E-state index in [0.717, 1.165) is 12.0 Å². The van der Waals surface area contributed by atoms with Crippen molar-refractivity contribution < 1.29 is 13.2 Å². The predicted molar refractivity (Wildman–Crippen MR) is 130 cm³/mol. The lowest BCUT2D eigenvalue weighted by atomic mass is 9.93. The Morgan fingerprint density at radius 1 is 1.06 bits per heavy atom. The molecule has 174 valence electrons. The molecule has 1 amide bonds. The molecule has 1 aliphatic rings. The van der Waals surface area contributed by atoms with Gasteiger partial charge in [0.2, 0.25) is 15.9 Å². The van der Waals surface area contributed by atoms with E-state index in [1.807, 2.05) is 30.3 Å². The van der Waals surface area contributed by atoms with E-state index in [1.54, 1.807) is 18.2 Å². The van der Waals surface area contributed by atoms with Crippen molar-refractivity contribution in [1.82, 2.24) is 9.62 Å². The fourth-order valence-electron chi connectivity index (χ4n) is 4.05. The van der Waals surface area contributed by atoms with Gasteiger partial charge in [0, 0.05) is 19.0 Å². The number of nitrogens with one attached hydrogen (secondary N) is 1. The molecule has 1 atom stereocenters. The van der Waals surface area contributed by atoms with Gasteiger partial charge < -0.3 is 5.32 Å². The van der Waals surface area contributed by atoms with Crippen molar-refractivity contribution in [2.24, 2.45) is 11.8 Å². The lowest BCUT2D eigenvalue weighted by Gasteiger charge is -2.32. The second-order valence-electron chi connectivity index (χ2n) is 8.78. The van der Waals surface area contributed by atoms with E-state index < -0.39 is 10.0 Å². The summed E-state index contributed by atoms with van der Waals surface area (Å²) in [4.78, 5) is 13.0. The summed E-state index contributed by atoms with van der Waals surface area (Å²) in [6, 6.07) is 14.8. The number of amides is 1. The van der Waals surface area contributed by atoms with Crippen LogP contribution in [0.3, 0.4) is 0 Å². The topological polar surface area (TPSA) is 66.5 Å². The summed E-state index contributed by atoms with van der Waals surface area (Å²) in [5.41, 5.74) is 1.69. The van der Waals surface area contributed by atoms with Gasteiger partial charge in [-0.3, -0.25) is 4.79 Å². The number of piperidine rings is 1. The zero-order chi connectivity index (χ0) is 23.3. The number of benzene rings is 2. The van der Waals surface area contributed by atoms with Gasteiger partial charge >= 0.3 is 0 Å². The molecule has 0 unspecified atom stereocenters. The van der Waals surface area contributed by atoms with Gasteiger partial charge in [0.1, 0.15) is 0 Å². The lowest BCUT2D eigenvalue weighted by molar-refractivity contribution is -0.127. The summed E-state index contributed by atoms with van der Waals surface area (Å²) < 4.78 is 27.2. The number of hydrogen-bond donors (Lipinski definition) is 1. The van der Waals surface area contributed by atoms with E-state index in [2.05, 4.69) is 19.2 Å². The van der Waals surface area contributed by atoms with Crippen molar-refractivity contribution in [3.05, 3.63) is 69.7 Å². The van der Waals surface area contributed by atoms with E-state index >= 15 is 0 Å². The van der Waals surface area contributed by atoms with Crippen molar-refractivity contribution >= 4 is 39.1 Å². The average Bonchev–Trinajstić information content (AvgIpc) is 2.76. The maximum Gasteiger partial charge on any atom is 0.223 e. The molecular weight excluding hydrogens is 467 g/mol. The van der Waals surface area contributed by atoms with Crippen LogP contribution in [-0.4, -0.2) is 31.7 Å². The number of carbonyl (C=O) groups is 1. The Kier molecular flexibility index (Phi) is 8.62. The Labute approximate surface area is 201 Å². The minimum atomic E-state index is -3.50. The van der Waals surface area contributed by atoms with Crippen molar-refractivity contribution in [3.63, 3.8) is 0 Å². The van der Waals surface area contributed by atoms with Crippen molar-refractivity contribution in [2.45, 2.75) is 44.9 Å². The molecule has 1 saturated heterocycles. The smallest absolute Gasteiger partial charge is 0.223 e. The van der Waals surface area contributed by atoms with E-state index in [9.17, 15) is 13.2 Å². The third kappa shape index (κ3) is 6.70. The van der Waals surface area contributed by atoms with Crippen LogP contribution in [0, 0.1) is 11.8 Å². The maximum absolute atomic E-state index is 13.0. The largest absolute Gasteiger partial charge is 0.349 e. The highest BCUT2D eigenvalue weighted by atomic mass is 35.5. The van der Waals surface area contributed by atoms with Gasteiger partial charge in [-0.15, -0.1) is 0 Å². The SMILES string of the molecule is CC(C)C[C@H](NC(=O)C1CCN(S(=O)(=O)Cc2ccc(Cl)c(Cl)c2)CC1)c1ccccc1. The van der Waals surface area contributed by atoms with E-state index in [0.29, 0.717) is 47.5 Å². The summed E-state index contributed by atoms with van der Waals surface area (Å²) in [6.07, 6.45) is 1.87. The number of hydrogen-bond acceptors (Lipinski definition) is 3. The van der Waals surface area contributed by atoms with Crippen molar-refractivity contribution in [1.29, 1.82) is 0 Å². The molecule has 1 fully saturated rings. The maximum atomic E-state index is 13.0. The molecule has 3 rings (SSSR count). The predicted octanol–water partition coefficient (Wildman–Crippen LogP) is 5.44. The van der Waals surface area contributed by atoms with Gasteiger partial charge in [0.15, 0.2) is 0 Å². The Bertz CT molecular complexity index is 1020. The first-order chi connectivity index (χ1) is 15.2. The molecule has 0 spiro atoms. The summed E-state index contributed by atoms with van der Waals surface area (Å²) in [5.74, 6) is 0.116. The van der Waals surface area contributed by atoms with Crippen molar-refractivity contribution in [3.8, 4) is 0 Å². The van der Waals surface area contributed by atoms with Gasteiger partial charge in [-0.2, -0.15) is 0 Å². The fourth-order valence-corrected chi connectivity index (χ4v) is 5.92. The van der Waals surface area contributed by atoms with Gasteiger partial charge in [0.05, 0.1) is 21.8 Å². The average molecular weight is 497 g/mol. The number of carbonyl (C=O) groups excluding carboxylic acids is 1. The van der Waals surface area contributed by atoms with E-state index in [4.69, 9.17) is 23.2 Å². The van der Waals surface area contributed by atoms with Crippen molar-refractivity contribution in [2.75, 3.05) is 13.1 Å². The minimum Gasteiger partial charge on any atom is -0.349 e. The van der Waals surface area contributed by atoms with Gasteiger partial charge in [0.25, 0.3) is 0 Å². The second kappa shape index (κ2) is 11.0. The van der Waals surface area contributed by atoms with E-state index in [1.165, 1.54) is 4.31 Å². The number of rotatable bonds is 8. The molecule has 0 bridgehead atoms. The molecule has 32 heavy (non-hydrogen) atoms. The quantitative estimate of drug-likeness (QED) is 0.528. The minimum absolute atomic E-state index is 0.000957. The Balaban J connectivity index is 1.59. The normalized spacial score (nSPS) is 16.8. The van der Waals surface area contributed by atoms with Crippen LogP contribution in [0.2, 0.25) is 10.0 Å². The molecule has 1 N–H and O–H groups in total. The van der Waals surface area contributed by atoms with Crippen LogP contribution in [0.5, 0.6) is 0 Å². The molecule has 0 radical (unpaired) electrons. The highest BCUT2D eigenvalue weighted by molar-refractivity contribution is 7.88. The molecule has 1 aliphatic heterocycles. The zero-order valence-corrected chi connectivity index (χ0v) is 20.8. The van der Waals surface area contributed by atoms with Gasteiger partial charge in [-0.1, -0.05) is 73.4 Å². The van der Waals surface area contributed by atoms with Crippen LogP contribution < -0.4 is 5.32 Å². The molecule has 2 aromatic rings. The van der Waals surface area contributed by atoms with Crippen LogP contribution in [0.25, 0.3) is 0 Å². The standard InChI is InChI=1S/C24H30Cl2N2O3S/c1-17(2)14-23(19-6-4-3-5-7-19)27-24(29)20-10-12-28(13-11-20)32(30,31)16-18-8-9-21(25)22(26)15-18/h3-9,15,17,20,23H,10-14,16H2,1-2H3,(H,27,29)/t23-/m0/s1. The number of halogens is 2. The first kappa shape index (κ1) is 25.0. The Morgan fingerprint density at radius 3 is 2.31 bits per heavy atom. The van der Waals surface area contributed by atoms with Crippen LogP contribution in [0.4, 0.5) is 0 Å². The van der Waals surface area contributed by atoms with Crippen LogP contribution in [-0.2, 0) is 20.6 Å². The van der Waals surface area contributed by atoms with Crippen LogP contribution in [0.15, 0.2) is 48.5 Å². The van der Waals surface area contributed by atoms with Gasteiger partial charge in [-0.05, 0) is 48.4 Å². The third-order valence-electron chi connectivity index (χ3n) is 5.78. The monoisotopic (exact) mass is 496 g/mol. The summed E-state index contributed by atoms with van der Waals surface area (Å²) >= 11 is 11.9. The van der Waals surface area contributed by atoms with Crippen LogP contribution in [0.1, 0.15) is 50.3 Å². The molecule has 0 saturated carbocycles. The first-order valence-corrected chi connectivity index (χ1v) is 13.3. The molecular formula is C24H30Cl2N2O3S. The third-order valence-corrected chi connectivity index (χ3v) is 8.37. The molecule has 8 heteroatoms. The molecule has 0 aromatic heterocycles. The highest BCUT2D eigenvalue weighted by Crippen LogP contribution is 2.27. The first-order valence-electron chi connectivity index (χ1n) is 10.9. The van der Waals surface area contributed by atoms with E-state index in [-0.39, 0.29) is 23.6 Å². The summed E-state index contributed by atoms with van der Waals surface area (Å²) in [7, 11) is -3.50. The number of nitrogens with zero attached hydrogens (tertiary/aromatic N) is 1. The molecule has 0 aliphatic carbocycles. The Morgan fingerprint density at radius 2 is 1.72 bits per heavy atom. The lowest BCUT2D eigenvalue weighted by Crippen LogP contribution is -2.44. The zero-order valence-electron chi connectivity index (χ0n) is 18.4. The Hall–Kier alpha value is -1.60. The number of sulfonamides is 1. The van der Waals surface area contributed by atoms with Crippen LogP contribution >= 0.6 is 23.2 Å². The summed E-state index contributed by atoms with van der Waals surface area (Å²) in [5, 5.41) is 3.94. The highest BCUT2D eigenvalue weighted by Gasteiger charge is 2.32. The molecule has 5 nitrogen and oxygen atoms in total. The molecule has 2 aromatic carbocycles. The summed E-state index contributed by atoms with van der Waals surface area (Å²) in [6.45, 7) is 4.95. The van der Waals surface area contributed by atoms with Gasteiger partial charge in [-0.25, -0.2) is 12.7 Å². The molecule has 1 heterocycles. The second-order valence-corrected chi connectivity index (χ2v) is 11.6.